The van der Waals surface area contributed by atoms with Crippen LogP contribution in [-0.2, 0) is 5.41 Å². The molecular weight excluding hydrogens is 220 g/mol. The van der Waals surface area contributed by atoms with E-state index in [-0.39, 0.29) is 10.8 Å². The lowest BCUT2D eigenvalue weighted by atomic mass is 9.86. The lowest BCUT2D eigenvalue weighted by Crippen LogP contribution is -2.15. The van der Waals surface area contributed by atoms with Gasteiger partial charge >= 0.3 is 0 Å². The third-order valence-electron chi connectivity index (χ3n) is 2.77. The van der Waals surface area contributed by atoms with E-state index < -0.39 is 0 Å². The van der Waals surface area contributed by atoms with Crippen LogP contribution in [0.2, 0.25) is 0 Å². The van der Waals surface area contributed by atoms with E-state index in [1.54, 1.807) is 0 Å². The van der Waals surface area contributed by atoms with E-state index in [9.17, 15) is 0 Å². The van der Waals surface area contributed by atoms with Gasteiger partial charge < -0.3 is 5.43 Å². The summed E-state index contributed by atoms with van der Waals surface area (Å²) in [6.45, 7) is 8.61. The molecule has 1 aromatic rings. The third-order valence-corrected chi connectivity index (χ3v) is 3.31. The molecule has 0 heterocycles. The van der Waals surface area contributed by atoms with Crippen molar-refractivity contribution in [3.05, 3.63) is 29.3 Å². The smallest absolute Gasteiger partial charge is 0.0603 e. The average Bonchev–Trinajstić information content (AvgIpc) is 2.26. The summed E-state index contributed by atoms with van der Waals surface area (Å²) in [6, 6.07) is 6.28. The number of benzene rings is 1. The molecule has 0 amide bonds. The number of halogens is 1. The highest BCUT2D eigenvalue weighted by molar-refractivity contribution is 6.21. The molecule has 0 saturated heterocycles. The van der Waals surface area contributed by atoms with Crippen LogP contribution in [0.25, 0.3) is 0 Å². The van der Waals surface area contributed by atoms with Gasteiger partial charge in [-0.3, -0.25) is 5.84 Å². The van der Waals surface area contributed by atoms with Gasteiger partial charge in [-0.25, -0.2) is 0 Å². The predicted molar refractivity (Wildman–Crippen MR) is 71.8 cm³/mol. The molecule has 1 atom stereocenters. The highest BCUT2D eigenvalue weighted by atomic mass is 35.5. The Morgan fingerprint density at radius 1 is 1.38 bits per heavy atom. The summed E-state index contributed by atoms with van der Waals surface area (Å²) < 4.78 is 0. The van der Waals surface area contributed by atoms with Crippen LogP contribution < -0.4 is 11.3 Å². The van der Waals surface area contributed by atoms with Gasteiger partial charge in [0.25, 0.3) is 0 Å². The molecule has 1 rings (SSSR count). The second kappa shape index (κ2) is 5.07. The SMILES string of the molecule is CCC(Cl)c1ccc(C(C)(C)C)cc1NN. The van der Waals surface area contributed by atoms with Gasteiger partial charge in [-0.05, 0) is 29.0 Å². The Labute approximate surface area is 103 Å². The summed E-state index contributed by atoms with van der Waals surface area (Å²) in [5.41, 5.74) is 6.11. The molecule has 1 unspecified atom stereocenters. The molecule has 0 aliphatic rings. The maximum absolute atomic E-state index is 6.25. The largest absolute Gasteiger partial charge is 0.324 e. The summed E-state index contributed by atoms with van der Waals surface area (Å²) in [5, 5.41) is 0.0140. The Bertz CT molecular complexity index is 355. The van der Waals surface area contributed by atoms with Crippen molar-refractivity contribution in [2.45, 2.75) is 44.9 Å². The monoisotopic (exact) mass is 240 g/mol. The van der Waals surface area contributed by atoms with E-state index in [1.807, 2.05) is 0 Å². The van der Waals surface area contributed by atoms with Crippen LogP contribution in [0, 0.1) is 0 Å². The lowest BCUT2D eigenvalue weighted by molar-refractivity contribution is 0.590. The Hall–Kier alpha value is -0.730. The van der Waals surface area contributed by atoms with Crippen LogP contribution >= 0.6 is 11.6 Å². The maximum atomic E-state index is 6.25. The summed E-state index contributed by atoms with van der Waals surface area (Å²) in [4.78, 5) is 0. The summed E-state index contributed by atoms with van der Waals surface area (Å²) >= 11 is 6.25. The van der Waals surface area contributed by atoms with Gasteiger partial charge in [0, 0.05) is 0 Å². The van der Waals surface area contributed by atoms with Crippen LogP contribution in [0.15, 0.2) is 18.2 Å². The topological polar surface area (TPSA) is 38.0 Å². The van der Waals surface area contributed by atoms with Crippen molar-refractivity contribution >= 4 is 17.3 Å². The second-order valence-corrected chi connectivity index (χ2v) is 5.60. The summed E-state index contributed by atoms with van der Waals surface area (Å²) in [5.74, 6) is 5.55. The van der Waals surface area contributed by atoms with E-state index in [1.165, 1.54) is 5.56 Å². The summed E-state index contributed by atoms with van der Waals surface area (Å²) in [6.07, 6.45) is 0.894. The van der Waals surface area contributed by atoms with E-state index in [2.05, 4.69) is 51.3 Å². The quantitative estimate of drug-likeness (QED) is 0.477. The number of nitrogens with two attached hydrogens (primary N) is 1. The molecule has 0 fully saturated rings. The minimum absolute atomic E-state index is 0.0140. The molecule has 0 saturated carbocycles. The molecule has 0 aliphatic heterocycles. The van der Waals surface area contributed by atoms with Gasteiger partial charge in [-0.2, -0.15) is 0 Å². The molecule has 0 spiro atoms. The molecule has 3 heteroatoms. The standard InChI is InChI=1S/C13H21ClN2/c1-5-11(14)10-7-6-9(13(2,3)4)8-12(10)16-15/h6-8,11,16H,5,15H2,1-4H3. The number of rotatable bonds is 3. The van der Waals surface area contributed by atoms with Crippen LogP contribution in [0.1, 0.15) is 50.6 Å². The average molecular weight is 241 g/mol. The number of anilines is 1. The second-order valence-electron chi connectivity index (χ2n) is 5.07. The van der Waals surface area contributed by atoms with Gasteiger partial charge in [-0.15, -0.1) is 11.6 Å². The minimum Gasteiger partial charge on any atom is -0.324 e. The number of nitrogen functional groups attached to an aromatic ring is 1. The van der Waals surface area contributed by atoms with Crippen molar-refractivity contribution in [2.75, 3.05) is 5.43 Å². The number of alkyl halides is 1. The first-order valence-electron chi connectivity index (χ1n) is 5.65. The maximum Gasteiger partial charge on any atom is 0.0603 e. The zero-order valence-electron chi connectivity index (χ0n) is 10.5. The van der Waals surface area contributed by atoms with Crippen LogP contribution in [0.5, 0.6) is 0 Å². The van der Waals surface area contributed by atoms with Crippen molar-refractivity contribution in [1.29, 1.82) is 0 Å². The van der Waals surface area contributed by atoms with Crippen molar-refractivity contribution < 1.29 is 0 Å². The highest BCUT2D eigenvalue weighted by Gasteiger charge is 2.17. The van der Waals surface area contributed by atoms with Gasteiger partial charge in [0.15, 0.2) is 0 Å². The number of hydrogen-bond donors (Lipinski definition) is 2. The fourth-order valence-corrected chi connectivity index (χ4v) is 1.83. The van der Waals surface area contributed by atoms with Crippen molar-refractivity contribution in [3.63, 3.8) is 0 Å². The van der Waals surface area contributed by atoms with E-state index >= 15 is 0 Å². The highest BCUT2D eigenvalue weighted by Crippen LogP contribution is 2.33. The molecule has 0 radical (unpaired) electrons. The Morgan fingerprint density at radius 2 is 2.00 bits per heavy atom. The molecule has 0 aromatic heterocycles. The zero-order chi connectivity index (χ0) is 12.3. The van der Waals surface area contributed by atoms with Crippen molar-refractivity contribution in [3.8, 4) is 0 Å². The molecular formula is C13H21ClN2. The van der Waals surface area contributed by atoms with Crippen LogP contribution in [0.3, 0.4) is 0 Å². The Morgan fingerprint density at radius 3 is 2.44 bits per heavy atom. The lowest BCUT2D eigenvalue weighted by Gasteiger charge is -2.22. The first-order chi connectivity index (χ1) is 7.40. The molecule has 2 nitrogen and oxygen atoms in total. The van der Waals surface area contributed by atoms with Crippen LogP contribution in [-0.4, -0.2) is 0 Å². The fourth-order valence-electron chi connectivity index (χ4n) is 1.64. The van der Waals surface area contributed by atoms with E-state index in [4.69, 9.17) is 17.4 Å². The zero-order valence-corrected chi connectivity index (χ0v) is 11.2. The van der Waals surface area contributed by atoms with Gasteiger partial charge in [0.2, 0.25) is 0 Å². The van der Waals surface area contributed by atoms with Gasteiger partial charge in [0.1, 0.15) is 0 Å². The number of nitrogens with one attached hydrogen (secondary N) is 1. The fraction of sp³-hybridized carbons (Fsp3) is 0.538. The third kappa shape index (κ3) is 2.89. The first kappa shape index (κ1) is 13.3. The molecule has 0 bridgehead atoms. The van der Waals surface area contributed by atoms with Crippen LogP contribution in [0.4, 0.5) is 5.69 Å². The normalized spacial score (nSPS) is 13.6. The van der Waals surface area contributed by atoms with Crippen molar-refractivity contribution in [1.82, 2.24) is 0 Å². The Kier molecular flexibility index (Phi) is 4.22. The molecule has 16 heavy (non-hydrogen) atoms. The molecule has 1 aromatic carbocycles. The first-order valence-corrected chi connectivity index (χ1v) is 6.09. The molecule has 0 aliphatic carbocycles. The molecule has 90 valence electrons. The van der Waals surface area contributed by atoms with Gasteiger partial charge in [0.05, 0.1) is 11.1 Å². The number of hydrogen-bond acceptors (Lipinski definition) is 2. The molecule has 3 N–H and O–H groups in total. The predicted octanol–water partition coefficient (Wildman–Crippen LogP) is 3.96. The van der Waals surface area contributed by atoms with Crippen molar-refractivity contribution in [2.24, 2.45) is 5.84 Å². The minimum atomic E-state index is 0.0140. The van der Waals surface area contributed by atoms with E-state index in [0.29, 0.717) is 0 Å². The van der Waals surface area contributed by atoms with E-state index in [0.717, 1.165) is 17.7 Å². The number of hydrazine groups is 1. The summed E-state index contributed by atoms with van der Waals surface area (Å²) in [7, 11) is 0. The Balaban J connectivity index is 3.17. The van der Waals surface area contributed by atoms with Gasteiger partial charge in [-0.1, -0.05) is 39.8 Å².